The van der Waals surface area contributed by atoms with E-state index in [1.165, 1.54) is 16.7 Å². The monoisotopic (exact) mass is 507 g/mol. The molecule has 0 saturated carbocycles. The molecule has 1 aliphatic heterocycles. The van der Waals surface area contributed by atoms with E-state index in [4.69, 9.17) is 21.3 Å². The van der Waals surface area contributed by atoms with Gasteiger partial charge in [-0.15, -0.1) is 0 Å². The number of rotatable bonds is 6. The van der Waals surface area contributed by atoms with Crippen LogP contribution in [0.3, 0.4) is 0 Å². The molecule has 8 heteroatoms. The van der Waals surface area contributed by atoms with E-state index in [1.807, 2.05) is 68.4 Å². The summed E-state index contributed by atoms with van der Waals surface area (Å²) in [5, 5.41) is 3.89. The highest BCUT2D eigenvalue weighted by Gasteiger charge is 2.41. The largest absolute Gasteiger partial charge is 0.497 e. The van der Waals surface area contributed by atoms with Gasteiger partial charge < -0.3 is 10.1 Å². The number of thioether (sulfide) groups is 1. The maximum Gasteiger partial charge on any atom is 0.247 e. The number of amidine groups is 1. The Kier molecular flexibility index (Phi) is 7.78. The summed E-state index contributed by atoms with van der Waals surface area (Å²) in [7, 11) is 1.62. The summed E-state index contributed by atoms with van der Waals surface area (Å²) in [5.41, 5.74) is 4.39. The summed E-state index contributed by atoms with van der Waals surface area (Å²) < 4.78 is 5.22. The van der Waals surface area contributed by atoms with Crippen molar-refractivity contribution in [2.45, 2.75) is 32.1 Å². The highest BCUT2D eigenvalue weighted by atomic mass is 35.5. The lowest BCUT2D eigenvalue weighted by atomic mass is 10.1. The van der Waals surface area contributed by atoms with Gasteiger partial charge in [0.1, 0.15) is 11.0 Å². The van der Waals surface area contributed by atoms with Gasteiger partial charge in [-0.25, -0.2) is 4.90 Å². The second kappa shape index (κ2) is 11.0. The average Bonchev–Trinajstić information content (AvgIpc) is 3.12. The maximum absolute atomic E-state index is 13.3. The van der Waals surface area contributed by atoms with Gasteiger partial charge in [-0.1, -0.05) is 53.2 Å². The number of hydrogen-bond donors (Lipinski definition) is 1. The van der Waals surface area contributed by atoms with E-state index >= 15 is 0 Å². The molecule has 2 amide bonds. The van der Waals surface area contributed by atoms with Crippen LogP contribution in [0.1, 0.15) is 23.1 Å². The van der Waals surface area contributed by atoms with Crippen LogP contribution in [-0.2, 0) is 16.1 Å². The zero-order chi connectivity index (χ0) is 24.9. The molecule has 3 aromatic carbocycles. The average molecular weight is 508 g/mol. The quantitative estimate of drug-likeness (QED) is 0.252. The number of nitrogens with zero attached hydrogens (tertiary/aromatic N) is 2. The Balaban J connectivity index is 1.56. The standard InChI is InChI=1S/C27H26ClN3O3S/c1-17-4-13-23(18(2)14-17)31-25(32)15-24(26(31)33)35-27(30-21-9-7-20(28)8-10-21)29-16-19-5-11-22(34-3)12-6-19/h4-14,24H,15-16H2,1-3H3,(H,29,30)/t24-/m1/s1. The van der Waals surface area contributed by atoms with E-state index in [9.17, 15) is 9.59 Å². The van der Waals surface area contributed by atoms with Crippen molar-refractivity contribution in [3.8, 4) is 5.75 Å². The van der Waals surface area contributed by atoms with E-state index in [-0.39, 0.29) is 18.2 Å². The number of anilines is 2. The molecule has 0 aromatic heterocycles. The highest BCUT2D eigenvalue weighted by molar-refractivity contribution is 8.15. The number of halogens is 1. The Morgan fingerprint density at radius 3 is 2.46 bits per heavy atom. The molecule has 1 N–H and O–H groups in total. The Bertz CT molecular complexity index is 1260. The first-order valence-electron chi connectivity index (χ1n) is 11.1. The molecule has 180 valence electrons. The lowest BCUT2D eigenvalue weighted by Gasteiger charge is -2.18. The van der Waals surface area contributed by atoms with E-state index in [1.54, 1.807) is 19.2 Å². The fraction of sp³-hybridized carbons (Fsp3) is 0.222. The lowest BCUT2D eigenvalue weighted by Crippen LogP contribution is -2.32. The third-order valence-corrected chi connectivity index (χ3v) is 6.97. The molecule has 0 bridgehead atoms. The van der Waals surface area contributed by atoms with E-state index in [0.29, 0.717) is 22.4 Å². The predicted molar refractivity (Wildman–Crippen MR) is 144 cm³/mol. The van der Waals surface area contributed by atoms with Gasteiger partial charge in [0, 0.05) is 17.1 Å². The number of carbonyl (C=O) groups is 2. The number of carbonyl (C=O) groups excluding carboxylic acids is 2. The van der Waals surface area contributed by atoms with Gasteiger partial charge in [-0.05, 0) is 67.4 Å². The van der Waals surface area contributed by atoms with Gasteiger partial charge in [0.15, 0.2) is 5.17 Å². The van der Waals surface area contributed by atoms with Crippen LogP contribution >= 0.6 is 23.4 Å². The van der Waals surface area contributed by atoms with Gasteiger partial charge in [0.2, 0.25) is 11.8 Å². The summed E-state index contributed by atoms with van der Waals surface area (Å²) in [6.07, 6.45) is 0.112. The molecule has 1 saturated heterocycles. The first kappa shape index (κ1) is 24.8. The van der Waals surface area contributed by atoms with Gasteiger partial charge in [0.25, 0.3) is 0 Å². The van der Waals surface area contributed by atoms with Crippen molar-refractivity contribution in [1.29, 1.82) is 0 Å². The maximum atomic E-state index is 13.3. The fourth-order valence-corrected chi connectivity index (χ4v) is 4.94. The number of ether oxygens (including phenoxy) is 1. The van der Waals surface area contributed by atoms with Crippen molar-refractivity contribution >= 4 is 51.7 Å². The molecule has 0 radical (unpaired) electrons. The summed E-state index contributed by atoms with van der Waals surface area (Å²) in [6, 6.07) is 20.6. The van der Waals surface area contributed by atoms with Crippen molar-refractivity contribution < 1.29 is 14.3 Å². The van der Waals surface area contributed by atoms with Crippen LogP contribution in [0.2, 0.25) is 5.02 Å². The van der Waals surface area contributed by atoms with Crippen LogP contribution in [0.5, 0.6) is 5.75 Å². The second-order valence-corrected chi connectivity index (χ2v) is 9.90. The Morgan fingerprint density at radius 2 is 1.80 bits per heavy atom. The first-order valence-corrected chi connectivity index (χ1v) is 12.4. The van der Waals surface area contributed by atoms with Crippen molar-refractivity contribution in [3.63, 3.8) is 0 Å². The van der Waals surface area contributed by atoms with Gasteiger partial charge in [-0.3, -0.25) is 14.6 Å². The number of aliphatic imine (C=N–C) groups is 1. The normalized spacial score (nSPS) is 16.1. The fourth-order valence-electron chi connectivity index (χ4n) is 3.80. The SMILES string of the molecule is COc1ccc(CN=C(Nc2ccc(Cl)cc2)S[C@@H]2CC(=O)N(c3ccc(C)cc3C)C2=O)cc1. The highest BCUT2D eigenvalue weighted by Crippen LogP contribution is 2.33. The van der Waals surface area contributed by atoms with Crippen molar-refractivity contribution in [1.82, 2.24) is 0 Å². The second-order valence-electron chi connectivity index (χ2n) is 8.27. The topological polar surface area (TPSA) is 71.0 Å². The zero-order valence-electron chi connectivity index (χ0n) is 19.7. The van der Waals surface area contributed by atoms with E-state index < -0.39 is 5.25 Å². The molecular formula is C27H26ClN3O3S. The molecule has 4 rings (SSSR count). The summed E-state index contributed by atoms with van der Waals surface area (Å²) >= 11 is 7.29. The van der Waals surface area contributed by atoms with Gasteiger partial charge in [-0.2, -0.15) is 0 Å². The van der Waals surface area contributed by atoms with Crippen molar-refractivity contribution in [3.05, 3.63) is 88.4 Å². The van der Waals surface area contributed by atoms with Crippen LogP contribution < -0.4 is 15.0 Å². The molecule has 35 heavy (non-hydrogen) atoms. The minimum atomic E-state index is -0.572. The van der Waals surface area contributed by atoms with Crippen LogP contribution in [0.15, 0.2) is 71.7 Å². The van der Waals surface area contributed by atoms with E-state index in [0.717, 1.165) is 28.1 Å². The molecule has 0 aliphatic carbocycles. The van der Waals surface area contributed by atoms with Gasteiger partial charge >= 0.3 is 0 Å². The molecular weight excluding hydrogens is 482 g/mol. The molecule has 1 heterocycles. The number of benzene rings is 3. The lowest BCUT2D eigenvalue weighted by molar-refractivity contribution is -0.121. The third kappa shape index (κ3) is 6.05. The number of nitrogens with one attached hydrogen (secondary N) is 1. The molecule has 1 aliphatic rings. The van der Waals surface area contributed by atoms with Gasteiger partial charge in [0.05, 0.1) is 19.3 Å². The molecule has 1 fully saturated rings. The smallest absolute Gasteiger partial charge is 0.247 e. The number of amides is 2. The van der Waals surface area contributed by atoms with Crippen LogP contribution in [0, 0.1) is 13.8 Å². The summed E-state index contributed by atoms with van der Waals surface area (Å²) in [4.78, 5) is 32.2. The first-order chi connectivity index (χ1) is 16.8. The zero-order valence-corrected chi connectivity index (χ0v) is 21.3. The van der Waals surface area contributed by atoms with E-state index in [2.05, 4.69) is 5.32 Å². The molecule has 0 spiro atoms. The minimum absolute atomic E-state index is 0.112. The van der Waals surface area contributed by atoms with Crippen molar-refractivity contribution in [2.75, 3.05) is 17.3 Å². The van der Waals surface area contributed by atoms with Crippen LogP contribution in [0.25, 0.3) is 0 Å². The third-order valence-electron chi connectivity index (χ3n) is 5.61. The summed E-state index contributed by atoms with van der Waals surface area (Å²) in [6.45, 7) is 4.30. The van der Waals surface area contributed by atoms with Crippen LogP contribution in [0.4, 0.5) is 11.4 Å². The Labute approximate surface area is 214 Å². The molecule has 1 atom stereocenters. The molecule has 0 unspecified atom stereocenters. The molecule has 6 nitrogen and oxygen atoms in total. The van der Waals surface area contributed by atoms with Crippen LogP contribution in [-0.4, -0.2) is 29.3 Å². The predicted octanol–water partition coefficient (Wildman–Crippen LogP) is 6.00. The molecule has 3 aromatic rings. The minimum Gasteiger partial charge on any atom is -0.497 e. The number of aryl methyl sites for hydroxylation is 2. The summed E-state index contributed by atoms with van der Waals surface area (Å²) in [5.74, 6) is 0.329. The van der Waals surface area contributed by atoms with Crippen molar-refractivity contribution in [2.24, 2.45) is 4.99 Å². The Morgan fingerprint density at radius 1 is 1.09 bits per heavy atom. The number of hydrogen-bond acceptors (Lipinski definition) is 5. The number of methoxy groups -OCH3 is 1. The Hall–Kier alpha value is -3.29. The number of imide groups is 1.